The molecule has 0 saturated heterocycles. The molecule has 0 amide bonds. The van der Waals surface area contributed by atoms with Crippen molar-refractivity contribution >= 4 is 8.80 Å². The zero-order chi connectivity index (χ0) is 13.4. The molecule has 0 aliphatic heterocycles. The Bertz CT molecular complexity index is 327. The average molecular weight is 272 g/mol. The minimum absolute atomic E-state index is 0.620. The summed E-state index contributed by atoms with van der Waals surface area (Å²) in [6, 6.07) is 0.778. The van der Waals surface area contributed by atoms with Gasteiger partial charge in [0.05, 0.1) is 0 Å². The summed E-state index contributed by atoms with van der Waals surface area (Å²) in [4.78, 5) is 4.21. The van der Waals surface area contributed by atoms with Gasteiger partial charge < -0.3 is 17.8 Å². The SMILES string of the molecule is CCO[Si](CCn1ccnc1C)(OCC)OCC. The van der Waals surface area contributed by atoms with Crippen molar-refractivity contribution < 1.29 is 13.3 Å². The third kappa shape index (κ3) is 4.20. The van der Waals surface area contributed by atoms with Gasteiger partial charge in [0.15, 0.2) is 0 Å². The van der Waals surface area contributed by atoms with Gasteiger partial charge in [0, 0.05) is 44.8 Å². The van der Waals surface area contributed by atoms with Crippen molar-refractivity contribution in [2.24, 2.45) is 0 Å². The van der Waals surface area contributed by atoms with E-state index in [1.54, 1.807) is 6.20 Å². The molecule has 5 nitrogen and oxygen atoms in total. The summed E-state index contributed by atoms with van der Waals surface area (Å²) in [6.07, 6.45) is 3.78. The highest BCUT2D eigenvalue weighted by atomic mass is 28.4. The minimum Gasteiger partial charge on any atom is -0.374 e. The van der Waals surface area contributed by atoms with Crippen LogP contribution in [-0.4, -0.2) is 38.2 Å². The van der Waals surface area contributed by atoms with Crippen LogP contribution in [0.2, 0.25) is 6.04 Å². The van der Waals surface area contributed by atoms with Crippen LogP contribution in [0.3, 0.4) is 0 Å². The molecular formula is C12H24N2O3Si. The van der Waals surface area contributed by atoms with Gasteiger partial charge in [-0.15, -0.1) is 0 Å². The van der Waals surface area contributed by atoms with Gasteiger partial charge in [-0.2, -0.15) is 0 Å². The van der Waals surface area contributed by atoms with E-state index in [0.29, 0.717) is 19.8 Å². The first-order chi connectivity index (χ1) is 8.67. The monoisotopic (exact) mass is 272 g/mol. The van der Waals surface area contributed by atoms with Crippen molar-refractivity contribution in [1.82, 2.24) is 9.55 Å². The molecule has 18 heavy (non-hydrogen) atoms. The number of imidazole rings is 1. The van der Waals surface area contributed by atoms with Gasteiger partial charge in [0.25, 0.3) is 0 Å². The first-order valence-electron chi connectivity index (χ1n) is 6.57. The molecule has 0 unspecified atom stereocenters. The van der Waals surface area contributed by atoms with E-state index in [1.165, 1.54) is 0 Å². The Balaban J connectivity index is 2.67. The highest BCUT2D eigenvalue weighted by Gasteiger charge is 2.40. The summed E-state index contributed by atoms with van der Waals surface area (Å²) >= 11 is 0. The van der Waals surface area contributed by atoms with Gasteiger partial charge in [-0.1, -0.05) is 0 Å². The fraction of sp³-hybridized carbons (Fsp3) is 0.750. The van der Waals surface area contributed by atoms with Gasteiger partial charge >= 0.3 is 8.80 Å². The third-order valence-corrected chi connectivity index (χ3v) is 5.70. The van der Waals surface area contributed by atoms with Crippen molar-refractivity contribution in [2.45, 2.75) is 40.3 Å². The average Bonchev–Trinajstić information content (AvgIpc) is 2.73. The second kappa shape index (κ2) is 7.68. The van der Waals surface area contributed by atoms with E-state index in [4.69, 9.17) is 13.3 Å². The molecule has 0 atom stereocenters. The van der Waals surface area contributed by atoms with Crippen LogP contribution in [0, 0.1) is 6.92 Å². The summed E-state index contributed by atoms with van der Waals surface area (Å²) in [7, 11) is -2.52. The van der Waals surface area contributed by atoms with E-state index in [-0.39, 0.29) is 0 Å². The predicted octanol–water partition coefficient (Wildman–Crippen LogP) is 2.24. The van der Waals surface area contributed by atoms with Crippen molar-refractivity contribution in [3.8, 4) is 0 Å². The lowest BCUT2D eigenvalue weighted by molar-refractivity contribution is 0.0702. The first-order valence-corrected chi connectivity index (χ1v) is 8.50. The van der Waals surface area contributed by atoms with Crippen molar-refractivity contribution in [3.63, 3.8) is 0 Å². The van der Waals surface area contributed by atoms with Gasteiger partial charge in [0.1, 0.15) is 5.82 Å². The molecule has 0 spiro atoms. The fourth-order valence-electron chi connectivity index (χ4n) is 1.90. The molecule has 1 heterocycles. The Hall–Kier alpha value is -0.693. The lowest BCUT2D eigenvalue weighted by Gasteiger charge is -2.28. The number of aromatic nitrogens is 2. The highest BCUT2D eigenvalue weighted by molar-refractivity contribution is 6.60. The van der Waals surface area contributed by atoms with Crippen LogP contribution in [0.25, 0.3) is 0 Å². The maximum Gasteiger partial charge on any atom is 0.502 e. The summed E-state index contributed by atoms with van der Waals surface area (Å²) in [5.41, 5.74) is 0. The summed E-state index contributed by atoms with van der Waals surface area (Å²) in [5, 5.41) is 0. The van der Waals surface area contributed by atoms with Gasteiger partial charge in [-0.05, 0) is 27.7 Å². The summed E-state index contributed by atoms with van der Waals surface area (Å²) in [5.74, 6) is 1.00. The number of aryl methyl sites for hydroxylation is 2. The van der Waals surface area contributed by atoms with Crippen LogP contribution in [0.4, 0.5) is 0 Å². The van der Waals surface area contributed by atoms with Crippen molar-refractivity contribution in [2.75, 3.05) is 19.8 Å². The van der Waals surface area contributed by atoms with E-state index in [9.17, 15) is 0 Å². The molecule has 6 heteroatoms. The summed E-state index contributed by atoms with van der Waals surface area (Å²) < 4.78 is 19.5. The van der Waals surface area contributed by atoms with Crippen LogP contribution in [0.5, 0.6) is 0 Å². The zero-order valence-electron chi connectivity index (χ0n) is 11.8. The molecule has 0 radical (unpaired) electrons. The van der Waals surface area contributed by atoms with Crippen LogP contribution < -0.4 is 0 Å². The van der Waals surface area contributed by atoms with Gasteiger partial charge in [-0.25, -0.2) is 4.98 Å². The third-order valence-electron chi connectivity index (χ3n) is 2.68. The molecule has 0 fully saturated rings. The Morgan fingerprint density at radius 2 is 1.67 bits per heavy atom. The highest BCUT2D eigenvalue weighted by Crippen LogP contribution is 2.17. The van der Waals surface area contributed by atoms with Crippen LogP contribution >= 0.6 is 0 Å². The molecule has 0 saturated carbocycles. The van der Waals surface area contributed by atoms with Gasteiger partial charge in [-0.3, -0.25) is 0 Å². The fourth-order valence-corrected chi connectivity index (χ4v) is 4.42. The molecule has 0 aromatic carbocycles. The Labute approximate surface area is 110 Å². The second-order valence-electron chi connectivity index (χ2n) is 3.90. The van der Waals surface area contributed by atoms with E-state index in [2.05, 4.69) is 9.55 Å². The van der Waals surface area contributed by atoms with E-state index >= 15 is 0 Å². The molecule has 0 bridgehead atoms. The van der Waals surface area contributed by atoms with Gasteiger partial charge in [0.2, 0.25) is 0 Å². The van der Waals surface area contributed by atoms with Crippen molar-refractivity contribution in [3.05, 3.63) is 18.2 Å². The Kier molecular flexibility index (Phi) is 6.55. The molecule has 0 N–H and O–H groups in total. The number of hydrogen-bond acceptors (Lipinski definition) is 4. The zero-order valence-corrected chi connectivity index (χ0v) is 12.8. The Morgan fingerprint density at radius 1 is 1.11 bits per heavy atom. The maximum atomic E-state index is 5.81. The van der Waals surface area contributed by atoms with E-state index in [1.807, 2.05) is 33.9 Å². The van der Waals surface area contributed by atoms with E-state index in [0.717, 1.165) is 18.4 Å². The topological polar surface area (TPSA) is 45.5 Å². The normalized spacial score (nSPS) is 12.0. The molecule has 1 rings (SSSR count). The number of hydrogen-bond donors (Lipinski definition) is 0. The maximum absolute atomic E-state index is 5.81. The second-order valence-corrected chi connectivity index (χ2v) is 6.63. The first kappa shape index (κ1) is 15.4. The standard InChI is InChI=1S/C12H24N2O3Si/c1-5-15-18(16-6-2,17-7-3)11-10-14-9-8-13-12(14)4/h8-9H,5-7,10-11H2,1-4H3. The summed E-state index contributed by atoms with van der Waals surface area (Å²) in [6.45, 7) is 10.6. The quantitative estimate of drug-likeness (QED) is 0.647. The lowest BCUT2D eigenvalue weighted by Crippen LogP contribution is -2.46. The largest absolute Gasteiger partial charge is 0.502 e. The van der Waals surface area contributed by atoms with Crippen LogP contribution in [0.15, 0.2) is 12.4 Å². The Morgan fingerprint density at radius 3 is 2.06 bits per heavy atom. The van der Waals surface area contributed by atoms with E-state index < -0.39 is 8.80 Å². The van der Waals surface area contributed by atoms with Crippen LogP contribution in [-0.2, 0) is 19.8 Å². The molecule has 0 aliphatic carbocycles. The molecular weight excluding hydrogens is 248 g/mol. The minimum atomic E-state index is -2.52. The predicted molar refractivity (Wildman–Crippen MR) is 72.4 cm³/mol. The molecule has 104 valence electrons. The molecule has 0 aliphatic rings. The molecule has 1 aromatic rings. The smallest absolute Gasteiger partial charge is 0.374 e. The van der Waals surface area contributed by atoms with Crippen molar-refractivity contribution in [1.29, 1.82) is 0 Å². The number of rotatable bonds is 9. The lowest BCUT2D eigenvalue weighted by atomic mass is 10.6. The van der Waals surface area contributed by atoms with Crippen LogP contribution in [0.1, 0.15) is 26.6 Å². The number of nitrogens with zero attached hydrogens (tertiary/aromatic N) is 2. The molecule has 1 aromatic heterocycles.